The third kappa shape index (κ3) is 2.65. The molecule has 1 saturated heterocycles. The van der Waals surface area contributed by atoms with Crippen molar-refractivity contribution in [1.82, 2.24) is 14.7 Å². The zero-order valence-corrected chi connectivity index (χ0v) is 13.3. The molecular weight excluding hydrogens is 274 g/mol. The Morgan fingerprint density at radius 3 is 2.73 bits per heavy atom. The first kappa shape index (κ1) is 14.8. The Bertz CT molecular complexity index is 635. The zero-order valence-electron chi connectivity index (χ0n) is 13.3. The molecule has 0 N–H and O–H groups in total. The van der Waals surface area contributed by atoms with Gasteiger partial charge in [0.1, 0.15) is 5.69 Å². The highest BCUT2D eigenvalue weighted by molar-refractivity contribution is 5.93. The van der Waals surface area contributed by atoms with Crippen molar-refractivity contribution in [2.75, 3.05) is 6.54 Å². The van der Waals surface area contributed by atoms with Crippen LogP contribution in [0.15, 0.2) is 42.6 Å². The summed E-state index contributed by atoms with van der Waals surface area (Å²) in [5.41, 5.74) is 2.01. The molecular formula is C18H23N3O. The topological polar surface area (TPSA) is 38.1 Å². The van der Waals surface area contributed by atoms with Gasteiger partial charge in [0.25, 0.3) is 5.91 Å². The minimum atomic E-state index is 0.108. The largest absolute Gasteiger partial charge is 0.334 e. The molecule has 3 rings (SSSR count). The van der Waals surface area contributed by atoms with Gasteiger partial charge in [-0.3, -0.25) is 9.48 Å². The Kier molecular flexibility index (Phi) is 4.27. The third-order valence-electron chi connectivity index (χ3n) is 4.73. The predicted octanol–water partition coefficient (Wildman–Crippen LogP) is 3.22. The number of nitrogens with zero attached hydrogens (tertiary/aromatic N) is 3. The normalized spacial score (nSPS) is 19.4. The SMILES string of the molecule is CC[C@@H](c1ccccc1)[C@@H]1CCCN1C(=O)c1ccnn1C. The number of hydrogen-bond acceptors (Lipinski definition) is 2. The van der Waals surface area contributed by atoms with E-state index in [0.29, 0.717) is 11.6 Å². The van der Waals surface area contributed by atoms with Crippen molar-refractivity contribution >= 4 is 5.91 Å². The van der Waals surface area contributed by atoms with Crippen molar-refractivity contribution in [2.45, 2.75) is 38.1 Å². The van der Waals surface area contributed by atoms with Crippen LogP contribution in [0.5, 0.6) is 0 Å². The minimum Gasteiger partial charge on any atom is -0.334 e. The molecule has 4 heteroatoms. The second-order valence-corrected chi connectivity index (χ2v) is 5.97. The lowest BCUT2D eigenvalue weighted by atomic mass is 9.87. The molecule has 2 atom stereocenters. The van der Waals surface area contributed by atoms with Gasteiger partial charge in [0, 0.05) is 31.7 Å². The number of aromatic nitrogens is 2. The minimum absolute atomic E-state index is 0.108. The van der Waals surface area contributed by atoms with Crippen LogP contribution in [0.2, 0.25) is 0 Å². The van der Waals surface area contributed by atoms with Crippen molar-refractivity contribution in [1.29, 1.82) is 0 Å². The van der Waals surface area contributed by atoms with E-state index in [4.69, 9.17) is 0 Å². The molecule has 1 aromatic heterocycles. The summed E-state index contributed by atoms with van der Waals surface area (Å²) in [7, 11) is 1.83. The van der Waals surface area contributed by atoms with Crippen LogP contribution in [0, 0.1) is 0 Å². The maximum Gasteiger partial charge on any atom is 0.272 e. The number of benzene rings is 1. The second kappa shape index (κ2) is 6.34. The lowest BCUT2D eigenvalue weighted by Crippen LogP contribution is -2.40. The number of hydrogen-bond donors (Lipinski definition) is 0. The fourth-order valence-electron chi connectivity index (χ4n) is 3.62. The first-order valence-corrected chi connectivity index (χ1v) is 8.06. The van der Waals surface area contributed by atoms with Crippen LogP contribution in [0.3, 0.4) is 0 Å². The molecule has 1 fully saturated rings. The first-order chi connectivity index (χ1) is 10.7. The van der Waals surface area contributed by atoms with E-state index in [0.717, 1.165) is 25.8 Å². The summed E-state index contributed by atoms with van der Waals surface area (Å²) in [6.45, 7) is 3.06. The van der Waals surface area contributed by atoms with Gasteiger partial charge >= 0.3 is 0 Å². The average molecular weight is 297 g/mol. The maximum absolute atomic E-state index is 12.9. The van der Waals surface area contributed by atoms with E-state index >= 15 is 0 Å². The average Bonchev–Trinajstić information content (AvgIpc) is 3.18. The summed E-state index contributed by atoms with van der Waals surface area (Å²) in [6, 6.07) is 12.7. The van der Waals surface area contributed by atoms with Crippen LogP contribution < -0.4 is 0 Å². The van der Waals surface area contributed by atoms with Crippen LogP contribution in [0.1, 0.15) is 48.2 Å². The van der Waals surface area contributed by atoms with E-state index in [1.54, 1.807) is 16.9 Å². The molecule has 2 aromatic rings. The summed E-state index contributed by atoms with van der Waals surface area (Å²) >= 11 is 0. The van der Waals surface area contributed by atoms with Crippen molar-refractivity contribution in [3.63, 3.8) is 0 Å². The van der Waals surface area contributed by atoms with E-state index in [-0.39, 0.29) is 11.9 Å². The standard InChI is InChI=1S/C18H23N3O/c1-3-15(14-8-5-4-6-9-14)16-10-7-13-21(16)18(22)17-11-12-19-20(17)2/h4-6,8-9,11-12,15-16H,3,7,10,13H2,1-2H3/t15-,16-/m0/s1. The molecule has 1 aliphatic heterocycles. The van der Waals surface area contributed by atoms with E-state index < -0.39 is 0 Å². The molecule has 0 saturated carbocycles. The highest BCUT2D eigenvalue weighted by Crippen LogP contribution is 2.34. The van der Waals surface area contributed by atoms with Gasteiger partial charge in [-0.05, 0) is 30.9 Å². The molecule has 0 aliphatic carbocycles. The van der Waals surface area contributed by atoms with Gasteiger partial charge < -0.3 is 4.90 Å². The van der Waals surface area contributed by atoms with E-state index in [9.17, 15) is 4.79 Å². The molecule has 0 spiro atoms. The van der Waals surface area contributed by atoms with Gasteiger partial charge in [-0.1, -0.05) is 37.3 Å². The molecule has 0 radical (unpaired) electrons. The second-order valence-electron chi connectivity index (χ2n) is 5.97. The highest BCUT2D eigenvalue weighted by atomic mass is 16.2. The van der Waals surface area contributed by atoms with Gasteiger partial charge in [0.05, 0.1) is 0 Å². The monoisotopic (exact) mass is 297 g/mol. The van der Waals surface area contributed by atoms with Crippen molar-refractivity contribution in [2.24, 2.45) is 7.05 Å². The fraction of sp³-hybridized carbons (Fsp3) is 0.444. The van der Waals surface area contributed by atoms with Crippen LogP contribution in [-0.2, 0) is 7.05 Å². The third-order valence-corrected chi connectivity index (χ3v) is 4.73. The number of carbonyl (C=O) groups is 1. The van der Waals surface area contributed by atoms with Crippen molar-refractivity contribution < 1.29 is 4.79 Å². The Hall–Kier alpha value is -2.10. The number of carbonyl (C=O) groups excluding carboxylic acids is 1. The maximum atomic E-state index is 12.9. The number of likely N-dealkylation sites (tertiary alicyclic amines) is 1. The first-order valence-electron chi connectivity index (χ1n) is 8.06. The van der Waals surface area contributed by atoms with Crippen molar-refractivity contribution in [3.05, 3.63) is 53.9 Å². The summed E-state index contributed by atoms with van der Waals surface area (Å²) in [5.74, 6) is 0.512. The Labute approximate surface area is 131 Å². The van der Waals surface area contributed by atoms with Crippen LogP contribution in [-0.4, -0.2) is 33.2 Å². The lowest BCUT2D eigenvalue weighted by molar-refractivity contribution is 0.0703. The molecule has 1 aromatic carbocycles. The quantitative estimate of drug-likeness (QED) is 0.869. The van der Waals surface area contributed by atoms with E-state index in [2.05, 4.69) is 41.2 Å². The van der Waals surface area contributed by atoms with Gasteiger partial charge in [-0.15, -0.1) is 0 Å². The summed E-state index contributed by atoms with van der Waals surface area (Å²) in [5, 5.41) is 4.13. The molecule has 1 aliphatic rings. The number of aryl methyl sites for hydroxylation is 1. The summed E-state index contributed by atoms with van der Waals surface area (Å²) in [6.07, 6.45) is 4.89. The molecule has 22 heavy (non-hydrogen) atoms. The summed E-state index contributed by atoms with van der Waals surface area (Å²) in [4.78, 5) is 14.9. The Morgan fingerprint density at radius 2 is 2.09 bits per heavy atom. The Balaban J connectivity index is 1.86. The number of rotatable bonds is 4. The molecule has 2 heterocycles. The van der Waals surface area contributed by atoms with Crippen LogP contribution in [0.4, 0.5) is 0 Å². The number of amides is 1. The fourth-order valence-corrected chi connectivity index (χ4v) is 3.62. The molecule has 1 amide bonds. The van der Waals surface area contributed by atoms with E-state index in [1.165, 1.54) is 5.56 Å². The summed E-state index contributed by atoms with van der Waals surface area (Å²) < 4.78 is 1.67. The Morgan fingerprint density at radius 1 is 1.32 bits per heavy atom. The van der Waals surface area contributed by atoms with Crippen LogP contribution in [0.25, 0.3) is 0 Å². The lowest BCUT2D eigenvalue weighted by Gasteiger charge is -2.31. The predicted molar refractivity (Wildman–Crippen MR) is 86.7 cm³/mol. The molecule has 116 valence electrons. The van der Waals surface area contributed by atoms with Gasteiger partial charge in [-0.2, -0.15) is 5.10 Å². The molecule has 4 nitrogen and oxygen atoms in total. The highest BCUT2D eigenvalue weighted by Gasteiger charge is 2.35. The van der Waals surface area contributed by atoms with E-state index in [1.807, 2.05) is 13.1 Å². The van der Waals surface area contributed by atoms with Gasteiger partial charge in [0.15, 0.2) is 0 Å². The van der Waals surface area contributed by atoms with Crippen molar-refractivity contribution in [3.8, 4) is 0 Å². The molecule has 0 bridgehead atoms. The smallest absolute Gasteiger partial charge is 0.272 e. The van der Waals surface area contributed by atoms with Gasteiger partial charge in [0.2, 0.25) is 0 Å². The van der Waals surface area contributed by atoms with Crippen LogP contribution >= 0.6 is 0 Å². The van der Waals surface area contributed by atoms with Gasteiger partial charge in [-0.25, -0.2) is 0 Å². The zero-order chi connectivity index (χ0) is 15.5. The molecule has 0 unspecified atom stereocenters.